The average Bonchev–Trinajstić information content (AvgIpc) is 2.26. The number of aromatic hydroxyl groups is 1. The topological polar surface area (TPSA) is 63.6 Å². The van der Waals surface area contributed by atoms with E-state index in [9.17, 15) is 19.1 Å². The van der Waals surface area contributed by atoms with E-state index in [0.29, 0.717) is 0 Å². The number of Topliss-reactive ketones (excluding diaryl/α,β-unsaturated/α-hetero) is 1. The zero-order chi connectivity index (χ0) is 12.3. The normalized spacial score (nSPS) is 9.94. The van der Waals surface area contributed by atoms with E-state index < -0.39 is 23.3 Å². The predicted octanol–water partition coefficient (Wildman–Crippen LogP) is 1.59. The maximum atomic E-state index is 13.2. The van der Waals surface area contributed by atoms with Gasteiger partial charge in [0.1, 0.15) is 0 Å². The van der Waals surface area contributed by atoms with Crippen molar-refractivity contribution in [3.05, 3.63) is 29.1 Å². The lowest BCUT2D eigenvalue weighted by Gasteiger charge is -2.05. The Morgan fingerprint density at radius 2 is 2.06 bits per heavy atom. The van der Waals surface area contributed by atoms with E-state index in [1.807, 2.05) is 0 Å². The first-order valence-corrected chi connectivity index (χ1v) is 4.68. The van der Waals surface area contributed by atoms with Crippen molar-refractivity contribution in [1.82, 2.24) is 0 Å². The summed E-state index contributed by atoms with van der Waals surface area (Å²) >= 11 is 0. The highest BCUT2D eigenvalue weighted by Gasteiger charge is 2.23. The van der Waals surface area contributed by atoms with Gasteiger partial charge in [-0.3, -0.25) is 4.79 Å². The molecule has 0 saturated carbocycles. The number of aryl methyl sites for hydroxylation is 1. The summed E-state index contributed by atoms with van der Waals surface area (Å²) in [6.45, 7) is 3.02. The number of esters is 1. The smallest absolute Gasteiger partial charge is 0.379 e. The SMILES string of the molecule is CCOC(=O)C(=O)c1ccc(C)c(F)c1O. The van der Waals surface area contributed by atoms with Gasteiger partial charge in [-0.25, -0.2) is 9.18 Å². The van der Waals surface area contributed by atoms with Gasteiger partial charge in [-0.15, -0.1) is 0 Å². The summed E-state index contributed by atoms with van der Waals surface area (Å²) in [7, 11) is 0. The number of rotatable bonds is 3. The van der Waals surface area contributed by atoms with Crippen LogP contribution in [0.3, 0.4) is 0 Å². The van der Waals surface area contributed by atoms with Gasteiger partial charge in [-0.2, -0.15) is 0 Å². The van der Waals surface area contributed by atoms with Crippen LogP contribution >= 0.6 is 0 Å². The Bertz CT molecular complexity index is 440. The zero-order valence-electron chi connectivity index (χ0n) is 8.91. The number of halogens is 1. The van der Waals surface area contributed by atoms with Gasteiger partial charge in [0.05, 0.1) is 12.2 Å². The van der Waals surface area contributed by atoms with E-state index in [1.165, 1.54) is 19.1 Å². The molecule has 0 atom stereocenters. The number of hydrogen-bond acceptors (Lipinski definition) is 4. The minimum atomic E-state index is -1.11. The number of ether oxygens (including phenoxy) is 1. The molecule has 0 bridgehead atoms. The highest BCUT2D eigenvalue weighted by Crippen LogP contribution is 2.24. The van der Waals surface area contributed by atoms with E-state index in [2.05, 4.69) is 4.74 Å². The Morgan fingerprint density at radius 3 is 2.62 bits per heavy atom. The molecule has 4 nitrogen and oxygen atoms in total. The molecule has 1 aromatic rings. The summed E-state index contributed by atoms with van der Waals surface area (Å²) in [5.41, 5.74) is -0.195. The van der Waals surface area contributed by atoms with Crippen LogP contribution in [0.5, 0.6) is 5.75 Å². The Hall–Kier alpha value is -1.91. The molecule has 0 saturated heterocycles. The van der Waals surface area contributed by atoms with Crippen LogP contribution in [0.1, 0.15) is 22.8 Å². The zero-order valence-corrected chi connectivity index (χ0v) is 8.91. The molecule has 0 amide bonds. The molecule has 1 rings (SSSR count). The summed E-state index contributed by atoms with van der Waals surface area (Å²) in [6, 6.07) is 2.49. The molecule has 0 aliphatic rings. The fourth-order valence-electron chi connectivity index (χ4n) is 1.16. The van der Waals surface area contributed by atoms with Crippen molar-refractivity contribution in [1.29, 1.82) is 0 Å². The summed E-state index contributed by atoms with van der Waals surface area (Å²) in [6.07, 6.45) is 0. The van der Waals surface area contributed by atoms with Crippen LogP contribution in [-0.4, -0.2) is 23.5 Å². The van der Waals surface area contributed by atoms with Gasteiger partial charge >= 0.3 is 5.97 Å². The third-order valence-electron chi connectivity index (χ3n) is 2.01. The maximum absolute atomic E-state index is 13.2. The van der Waals surface area contributed by atoms with Crippen molar-refractivity contribution >= 4 is 11.8 Å². The highest BCUT2D eigenvalue weighted by atomic mass is 19.1. The monoisotopic (exact) mass is 226 g/mol. The second-order valence-electron chi connectivity index (χ2n) is 3.14. The van der Waals surface area contributed by atoms with E-state index in [-0.39, 0.29) is 17.7 Å². The number of phenols is 1. The third-order valence-corrected chi connectivity index (χ3v) is 2.01. The van der Waals surface area contributed by atoms with E-state index in [4.69, 9.17) is 0 Å². The van der Waals surface area contributed by atoms with Crippen molar-refractivity contribution in [2.45, 2.75) is 13.8 Å². The molecule has 5 heteroatoms. The summed E-state index contributed by atoms with van der Waals surface area (Å²) in [4.78, 5) is 22.5. The van der Waals surface area contributed by atoms with Crippen LogP contribution in [-0.2, 0) is 9.53 Å². The predicted molar refractivity (Wildman–Crippen MR) is 53.8 cm³/mol. The average molecular weight is 226 g/mol. The lowest BCUT2D eigenvalue weighted by atomic mass is 10.1. The van der Waals surface area contributed by atoms with Crippen LogP contribution < -0.4 is 0 Å². The molecule has 0 fully saturated rings. The maximum Gasteiger partial charge on any atom is 0.379 e. The number of carbonyl (C=O) groups excluding carboxylic acids is 2. The molecule has 0 spiro atoms. The van der Waals surface area contributed by atoms with Crippen LogP contribution in [0.4, 0.5) is 4.39 Å². The number of benzene rings is 1. The van der Waals surface area contributed by atoms with E-state index >= 15 is 0 Å². The largest absolute Gasteiger partial charge is 0.504 e. The molecule has 0 aliphatic carbocycles. The van der Waals surface area contributed by atoms with E-state index in [0.717, 1.165) is 0 Å². The Labute approximate surface area is 91.7 Å². The number of carbonyl (C=O) groups is 2. The molecule has 1 aromatic carbocycles. The van der Waals surface area contributed by atoms with Gasteiger partial charge in [0.2, 0.25) is 0 Å². The van der Waals surface area contributed by atoms with Crippen molar-refractivity contribution in [2.24, 2.45) is 0 Å². The first-order valence-electron chi connectivity index (χ1n) is 4.68. The van der Waals surface area contributed by atoms with Crippen LogP contribution in [0.15, 0.2) is 12.1 Å². The summed E-state index contributed by atoms with van der Waals surface area (Å²) < 4.78 is 17.7. The van der Waals surface area contributed by atoms with Gasteiger partial charge in [0.25, 0.3) is 5.78 Å². The van der Waals surface area contributed by atoms with Crippen molar-refractivity contribution < 1.29 is 23.8 Å². The minimum Gasteiger partial charge on any atom is -0.504 e. The quantitative estimate of drug-likeness (QED) is 0.483. The fraction of sp³-hybridized carbons (Fsp3) is 0.273. The van der Waals surface area contributed by atoms with Gasteiger partial charge in [-0.1, -0.05) is 6.07 Å². The lowest BCUT2D eigenvalue weighted by Crippen LogP contribution is -2.18. The standard InChI is InChI=1S/C11H11FO4/c1-3-16-11(15)10(14)7-5-4-6(2)8(12)9(7)13/h4-5,13H,3H2,1-2H3. The van der Waals surface area contributed by atoms with Crippen LogP contribution in [0.2, 0.25) is 0 Å². The molecular formula is C11H11FO4. The van der Waals surface area contributed by atoms with Gasteiger partial charge in [0.15, 0.2) is 11.6 Å². The Kier molecular flexibility index (Phi) is 3.60. The number of ketones is 1. The first kappa shape index (κ1) is 12.2. The molecule has 0 unspecified atom stereocenters. The molecule has 1 N–H and O–H groups in total. The Balaban J connectivity index is 3.10. The molecule has 16 heavy (non-hydrogen) atoms. The van der Waals surface area contributed by atoms with E-state index in [1.54, 1.807) is 6.92 Å². The number of hydrogen-bond donors (Lipinski definition) is 1. The van der Waals surface area contributed by atoms with Crippen molar-refractivity contribution in [3.63, 3.8) is 0 Å². The lowest BCUT2D eigenvalue weighted by molar-refractivity contribution is -0.137. The van der Waals surface area contributed by atoms with Gasteiger partial charge in [0, 0.05) is 0 Å². The molecule has 0 radical (unpaired) electrons. The summed E-state index contributed by atoms with van der Waals surface area (Å²) in [5, 5.41) is 9.36. The van der Waals surface area contributed by atoms with Gasteiger partial charge in [-0.05, 0) is 25.5 Å². The molecule has 86 valence electrons. The molecule has 0 aliphatic heterocycles. The fourth-order valence-corrected chi connectivity index (χ4v) is 1.16. The van der Waals surface area contributed by atoms with Crippen LogP contribution in [0, 0.1) is 12.7 Å². The molecule has 0 heterocycles. The Morgan fingerprint density at radius 1 is 1.44 bits per heavy atom. The van der Waals surface area contributed by atoms with Crippen molar-refractivity contribution in [3.8, 4) is 5.75 Å². The first-order chi connectivity index (χ1) is 7.49. The molecule has 0 aromatic heterocycles. The molecular weight excluding hydrogens is 215 g/mol. The second-order valence-corrected chi connectivity index (χ2v) is 3.14. The number of phenolic OH excluding ortho intramolecular Hbond substituents is 1. The van der Waals surface area contributed by atoms with Crippen LogP contribution in [0.25, 0.3) is 0 Å². The third kappa shape index (κ3) is 2.18. The second kappa shape index (κ2) is 4.74. The minimum absolute atomic E-state index is 0.0413. The highest BCUT2D eigenvalue weighted by molar-refractivity contribution is 6.41. The summed E-state index contributed by atoms with van der Waals surface area (Å²) in [5.74, 6) is -3.90. The van der Waals surface area contributed by atoms with Gasteiger partial charge < -0.3 is 9.84 Å². The van der Waals surface area contributed by atoms with Crippen molar-refractivity contribution in [2.75, 3.05) is 6.61 Å².